The van der Waals surface area contributed by atoms with E-state index in [-0.39, 0.29) is 18.7 Å². The molecule has 6 rings (SSSR count). The third-order valence-corrected chi connectivity index (χ3v) is 8.84. The van der Waals surface area contributed by atoms with Gasteiger partial charge in [0.05, 0.1) is 37.5 Å². The molecule has 11 nitrogen and oxygen atoms in total. The van der Waals surface area contributed by atoms with Crippen LogP contribution in [0, 0.1) is 5.82 Å². The molecule has 0 radical (unpaired) electrons. The van der Waals surface area contributed by atoms with Crippen molar-refractivity contribution in [3.05, 3.63) is 71.4 Å². The fourth-order valence-corrected chi connectivity index (χ4v) is 6.21. The molecule has 2 aliphatic heterocycles. The minimum atomic E-state index is -4.52. The van der Waals surface area contributed by atoms with Gasteiger partial charge >= 0.3 is 0 Å². The van der Waals surface area contributed by atoms with Crippen LogP contribution in [0.4, 0.5) is 20.4 Å². The van der Waals surface area contributed by atoms with Crippen LogP contribution in [0.5, 0.6) is 11.5 Å². The molecule has 43 heavy (non-hydrogen) atoms. The zero-order valence-corrected chi connectivity index (χ0v) is 23.9. The van der Waals surface area contributed by atoms with Gasteiger partial charge in [-0.25, -0.2) is 27.2 Å². The van der Waals surface area contributed by atoms with Gasteiger partial charge < -0.3 is 24.4 Å². The summed E-state index contributed by atoms with van der Waals surface area (Å²) in [5.74, 6) is -0.485. The lowest BCUT2D eigenvalue weighted by Crippen LogP contribution is -2.30. The second kappa shape index (κ2) is 11.7. The number of halogens is 2. The monoisotopic (exact) mass is 611 g/mol. The van der Waals surface area contributed by atoms with E-state index in [2.05, 4.69) is 15.3 Å². The number of anilines is 2. The third-order valence-electron chi connectivity index (χ3n) is 7.02. The van der Waals surface area contributed by atoms with Gasteiger partial charge in [-0.05, 0) is 48.9 Å². The molecule has 224 valence electrons. The highest BCUT2D eigenvalue weighted by molar-refractivity contribution is 7.92. The number of nitrogens with zero attached hydrogens (tertiary/aromatic N) is 4. The predicted molar refractivity (Wildman–Crippen MR) is 151 cm³/mol. The number of amides is 1. The Morgan fingerprint density at radius 3 is 2.84 bits per heavy atom. The Morgan fingerprint density at radius 1 is 1.14 bits per heavy atom. The molecule has 0 saturated heterocycles. The van der Waals surface area contributed by atoms with Crippen molar-refractivity contribution < 1.29 is 36.2 Å². The zero-order chi connectivity index (χ0) is 30.1. The van der Waals surface area contributed by atoms with Gasteiger partial charge in [0.25, 0.3) is 5.91 Å². The number of ether oxygens (including phenoxy) is 3. The number of alkyl halides is 1. The first-order chi connectivity index (χ1) is 20.7. The van der Waals surface area contributed by atoms with E-state index in [4.69, 9.17) is 19.2 Å². The number of sulfone groups is 1. The van der Waals surface area contributed by atoms with Crippen molar-refractivity contribution >= 4 is 38.3 Å². The van der Waals surface area contributed by atoms with E-state index in [1.807, 2.05) is 30.0 Å². The van der Waals surface area contributed by atoms with E-state index in [1.54, 1.807) is 18.5 Å². The van der Waals surface area contributed by atoms with Gasteiger partial charge in [0, 0.05) is 36.4 Å². The molecule has 1 atom stereocenters. The molecule has 0 spiro atoms. The van der Waals surface area contributed by atoms with E-state index in [1.165, 1.54) is 0 Å². The lowest BCUT2D eigenvalue weighted by atomic mass is 10.2. The first-order valence-electron chi connectivity index (χ1n) is 13.6. The average Bonchev–Trinajstić information content (AvgIpc) is 3.13. The fourth-order valence-electron chi connectivity index (χ4n) is 4.83. The largest absolute Gasteiger partial charge is 0.489 e. The molecule has 1 aromatic carbocycles. The Kier molecular flexibility index (Phi) is 7.79. The molecule has 0 fully saturated rings. The van der Waals surface area contributed by atoms with Crippen LogP contribution in [0.3, 0.4) is 0 Å². The molecule has 0 aliphatic carbocycles. The van der Waals surface area contributed by atoms with Gasteiger partial charge in [0.2, 0.25) is 15.3 Å². The maximum absolute atomic E-state index is 14.7. The highest BCUT2D eigenvalue weighted by atomic mass is 32.2. The van der Waals surface area contributed by atoms with Crippen molar-refractivity contribution in [1.82, 2.24) is 20.3 Å². The van der Waals surface area contributed by atoms with E-state index in [0.717, 1.165) is 23.1 Å². The summed E-state index contributed by atoms with van der Waals surface area (Å²) in [4.78, 5) is 27.9. The van der Waals surface area contributed by atoms with Crippen molar-refractivity contribution in [1.29, 1.82) is 0 Å². The number of benzene rings is 1. The Balaban J connectivity index is 1.21. The maximum Gasteiger partial charge on any atom is 0.251 e. The topological polar surface area (TPSA) is 133 Å². The summed E-state index contributed by atoms with van der Waals surface area (Å²) in [6.07, 6.45) is 2.92. The van der Waals surface area contributed by atoms with Crippen molar-refractivity contribution in [3.63, 3.8) is 0 Å². The van der Waals surface area contributed by atoms with Gasteiger partial charge in [0.15, 0.2) is 23.1 Å². The summed E-state index contributed by atoms with van der Waals surface area (Å²) >= 11 is 0. The molecule has 1 amide bonds. The minimum absolute atomic E-state index is 0.0566. The molecule has 3 aromatic heterocycles. The summed E-state index contributed by atoms with van der Waals surface area (Å²) in [6, 6.07) is 9.15. The summed E-state index contributed by atoms with van der Waals surface area (Å²) in [5, 5.41) is 3.38. The SMILES string of the molecule is CCOCc1cnc2c(c1)OCCN2c1ccc2cnc(CNC(=O)c3cc(F)c4c(c3)S(=O)(=O)[C@@H](F)CCO4)cc2n1. The zero-order valence-electron chi connectivity index (χ0n) is 23.0. The Labute approximate surface area is 245 Å². The molecule has 1 N–H and O–H groups in total. The van der Waals surface area contributed by atoms with Crippen LogP contribution in [0.25, 0.3) is 10.9 Å². The third kappa shape index (κ3) is 5.67. The van der Waals surface area contributed by atoms with Crippen LogP contribution in [0.2, 0.25) is 0 Å². The summed E-state index contributed by atoms with van der Waals surface area (Å²) in [6.45, 7) is 3.59. The number of rotatable bonds is 7. The van der Waals surface area contributed by atoms with Crippen LogP contribution in [-0.4, -0.2) is 61.1 Å². The quantitative estimate of drug-likeness (QED) is 0.327. The fraction of sp³-hybridized carbons (Fsp3) is 0.310. The number of fused-ring (bicyclic) bond motifs is 3. The van der Waals surface area contributed by atoms with Gasteiger partial charge in [-0.15, -0.1) is 0 Å². The van der Waals surface area contributed by atoms with Crippen LogP contribution >= 0.6 is 0 Å². The number of aromatic nitrogens is 3. The average molecular weight is 612 g/mol. The van der Waals surface area contributed by atoms with E-state index < -0.39 is 44.1 Å². The van der Waals surface area contributed by atoms with Crippen molar-refractivity contribution in [2.24, 2.45) is 0 Å². The Bertz CT molecular complexity index is 1820. The molecule has 0 bridgehead atoms. The summed E-state index contributed by atoms with van der Waals surface area (Å²) in [5.41, 5.74) is -0.568. The van der Waals surface area contributed by atoms with Gasteiger partial charge in [-0.2, -0.15) is 0 Å². The number of pyridine rings is 3. The summed E-state index contributed by atoms with van der Waals surface area (Å²) < 4.78 is 70.4. The van der Waals surface area contributed by atoms with E-state index in [9.17, 15) is 22.0 Å². The van der Waals surface area contributed by atoms with Crippen LogP contribution < -0.4 is 19.7 Å². The second-order valence-electron chi connectivity index (χ2n) is 9.90. The number of nitrogens with one attached hydrogen (secondary N) is 1. The highest BCUT2D eigenvalue weighted by Gasteiger charge is 2.35. The predicted octanol–water partition coefficient (Wildman–Crippen LogP) is 4.01. The maximum atomic E-state index is 14.7. The first kappa shape index (κ1) is 28.7. The standard InChI is InChI=1S/C29H27F2N5O6S/c1-2-40-16-17-9-23-28(33-13-17)36(6-8-41-23)26-4-3-18-14-32-20(12-22(18)35-26)15-34-29(37)19-10-21(30)27-24(11-19)43(38,39)25(31)5-7-42-27/h3-4,9-14,25H,2,5-8,15-16H2,1H3,(H,34,37)/t25-/m1/s1. The Hall–Kier alpha value is -4.43. The Morgan fingerprint density at radius 2 is 2.00 bits per heavy atom. The van der Waals surface area contributed by atoms with Crippen molar-refractivity contribution in [2.75, 3.05) is 31.3 Å². The molecule has 0 saturated carbocycles. The molecule has 0 unspecified atom stereocenters. The lowest BCUT2D eigenvalue weighted by molar-refractivity contribution is 0.0949. The molecule has 5 heterocycles. The second-order valence-corrected chi connectivity index (χ2v) is 11.9. The summed E-state index contributed by atoms with van der Waals surface area (Å²) in [7, 11) is -4.52. The number of carbonyl (C=O) groups excluding carboxylic acids is 1. The number of carbonyl (C=O) groups is 1. The van der Waals surface area contributed by atoms with Gasteiger partial charge in [0.1, 0.15) is 17.3 Å². The highest BCUT2D eigenvalue weighted by Crippen LogP contribution is 2.36. The molecule has 4 aromatic rings. The van der Waals surface area contributed by atoms with Crippen LogP contribution in [0.15, 0.2) is 53.7 Å². The molecular weight excluding hydrogens is 584 g/mol. The van der Waals surface area contributed by atoms with Crippen LogP contribution in [0.1, 0.15) is 35.0 Å². The number of hydrogen-bond acceptors (Lipinski definition) is 10. The minimum Gasteiger partial charge on any atom is -0.489 e. The van der Waals surface area contributed by atoms with Crippen LogP contribution in [-0.2, 0) is 27.7 Å². The smallest absolute Gasteiger partial charge is 0.251 e. The van der Waals surface area contributed by atoms with Crippen molar-refractivity contribution in [3.8, 4) is 11.5 Å². The first-order valence-corrected chi connectivity index (χ1v) is 15.1. The molecule has 2 aliphatic rings. The lowest BCUT2D eigenvalue weighted by Gasteiger charge is -2.29. The molecular formula is C29H27F2N5O6S. The normalized spacial score (nSPS) is 17.3. The van der Waals surface area contributed by atoms with Gasteiger partial charge in [-0.1, -0.05) is 0 Å². The number of hydrogen-bond donors (Lipinski definition) is 1. The van der Waals surface area contributed by atoms with E-state index in [0.29, 0.717) is 55.0 Å². The van der Waals surface area contributed by atoms with Crippen molar-refractivity contribution in [2.45, 2.75) is 36.9 Å². The molecule has 14 heteroatoms. The van der Waals surface area contributed by atoms with E-state index >= 15 is 0 Å². The van der Waals surface area contributed by atoms with Gasteiger partial charge in [-0.3, -0.25) is 9.78 Å².